The number of carbonyl (C=O) groups is 1. The summed E-state index contributed by atoms with van der Waals surface area (Å²) in [5.41, 5.74) is 11.7. The topological polar surface area (TPSA) is 120 Å². The number of fused-ring (bicyclic) bond motifs is 1. The average molecular weight is 306 g/mol. The van der Waals surface area contributed by atoms with Crippen LogP contribution in [0.2, 0.25) is 0 Å². The van der Waals surface area contributed by atoms with Gasteiger partial charge in [0, 0.05) is 11.5 Å². The molecule has 1 aromatic heterocycles. The lowest BCUT2D eigenvalue weighted by molar-refractivity contribution is -0.138. The monoisotopic (exact) mass is 306 g/mol. The van der Waals surface area contributed by atoms with Gasteiger partial charge in [0.25, 0.3) is 0 Å². The van der Waals surface area contributed by atoms with Crippen LogP contribution in [0.25, 0.3) is 11.0 Å². The Morgan fingerprint density at radius 3 is 2.64 bits per heavy atom. The van der Waals surface area contributed by atoms with Gasteiger partial charge in [0.15, 0.2) is 0 Å². The zero-order chi connectivity index (χ0) is 16.5. The van der Waals surface area contributed by atoms with Crippen molar-refractivity contribution in [1.82, 2.24) is 0 Å². The van der Waals surface area contributed by atoms with Crippen molar-refractivity contribution in [3.05, 3.63) is 46.3 Å². The van der Waals surface area contributed by atoms with Gasteiger partial charge in [-0.1, -0.05) is 24.6 Å². The molecule has 0 saturated heterocycles. The molecule has 0 aliphatic rings. The largest absolute Gasteiger partial charge is 0.480 e. The summed E-state index contributed by atoms with van der Waals surface area (Å²) in [5.74, 6) is -0.933. The minimum absolute atomic E-state index is 0.286. The van der Waals surface area contributed by atoms with Gasteiger partial charge in [-0.3, -0.25) is 4.79 Å². The fraction of sp³-hybridized carbons (Fsp3) is 0.375. The van der Waals surface area contributed by atoms with Crippen LogP contribution in [0, 0.1) is 6.92 Å². The number of aliphatic carboxylic acids is 1. The van der Waals surface area contributed by atoms with Crippen molar-refractivity contribution in [2.24, 2.45) is 11.5 Å². The third kappa shape index (κ3) is 5.67. The van der Waals surface area contributed by atoms with Crippen LogP contribution in [0.3, 0.4) is 0 Å². The van der Waals surface area contributed by atoms with E-state index in [2.05, 4.69) is 0 Å². The van der Waals surface area contributed by atoms with E-state index in [1.54, 1.807) is 6.07 Å². The van der Waals surface area contributed by atoms with Crippen molar-refractivity contribution in [1.29, 1.82) is 0 Å². The van der Waals surface area contributed by atoms with Gasteiger partial charge in [-0.25, -0.2) is 4.79 Å². The summed E-state index contributed by atoms with van der Waals surface area (Å²) >= 11 is 0. The first-order valence-electron chi connectivity index (χ1n) is 7.13. The van der Waals surface area contributed by atoms with E-state index in [-0.39, 0.29) is 5.63 Å². The van der Waals surface area contributed by atoms with E-state index >= 15 is 0 Å². The van der Waals surface area contributed by atoms with Crippen LogP contribution in [0.15, 0.2) is 39.5 Å². The van der Waals surface area contributed by atoms with Crippen LogP contribution < -0.4 is 17.1 Å². The molecule has 2 aromatic rings. The highest BCUT2D eigenvalue weighted by Gasteiger charge is 2.09. The van der Waals surface area contributed by atoms with Crippen LogP contribution >= 0.6 is 0 Å². The molecule has 0 spiro atoms. The Morgan fingerprint density at radius 1 is 1.32 bits per heavy atom. The molecule has 1 heterocycles. The van der Waals surface area contributed by atoms with Crippen molar-refractivity contribution in [3.63, 3.8) is 0 Å². The maximum absolute atomic E-state index is 10.9. The van der Waals surface area contributed by atoms with Crippen molar-refractivity contribution in [2.75, 3.05) is 6.54 Å². The highest BCUT2D eigenvalue weighted by Crippen LogP contribution is 2.14. The van der Waals surface area contributed by atoms with Gasteiger partial charge in [0.2, 0.25) is 0 Å². The maximum atomic E-state index is 10.9. The number of hydrogen-bond donors (Lipinski definition) is 3. The Morgan fingerprint density at radius 2 is 2.00 bits per heavy atom. The standard InChI is InChI=1S/C10H8O2.C6H14N2O2/c1-7-6-10(11)12-9-5-3-2-4-8(7)9;7-4-2-1-3-5(8)6(9)10/h2-6H,1H3;5H,1-4,7-8H2,(H,9,10)/t;5-/m.0/s1. The van der Waals surface area contributed by atoms with E-state index in [9.17, 15) is 9.59 Å². The predicted octanol–water partition coefficient (Wildman–Crippen LogP) is 1.63. The fourth-order valence-electron chi connectivity index (χ4n) is 1.91. The fourth-order valence-corrected chi connectivity index (χ4v) is 1.91. The maximum Gasteiger partial charge on any atom is 0.336 e. The van der Waals surface area contributed by atoms with Gasteiger partial charge >= 0.3 is 11.6 Å². The molecular weight excluding hydrogens is 284 g/mol. The number of hydrogen-bond acceptors (Lipinski definition) is 5. The van der Waals surface area contributed by atoms with Crippen LogP contribution in [0.1, 0.15) is 24.8 Å². The Kier molecular flexibility index (Phi) is 7.28. The summed E-state index contributed by atoms with van der Waals surface area (Å²) in [6.45, 7) is 2.51. The van der Waals surface area contributed by atoms with Gasteiger partial charge in [-0.15, -0.1) is 0 Å². The first-order valence-corrected chi connectivity index (χ1v) is 7.13. The van der Waals surface area contributed by atoms with Crippen LogP contribution in [0.5, 0.6) is 0 Å². The van der Waals surface area contributed by atoms with E-state index in [0.29, 0.717) is 18.5 Å². The SMILES string of the molecule is Cc1cc(=O)oc2ccccc12.NCCCC[C@H](N)C(=O)O. The van der Waals surface area contributed by atoms with Gasteiger partial charge < -0.3 is 21.0 Å². The number of benzene rings is 1. The second-order valence-corrected chi connectivity index (χ2v) is 4.97. The molecule has 5 N–H and O–H groups in total. The smallest absolute Gasteiger partial charge is 0.336 e. The number of nitrogens with two attached hydrogens (primary N) is 2. The molecule has 0 saturated carbocycles. The van der Waals surface area contributed by atoms with Crippen LogP contribution in [-0.2, 0) is 4.79 Å². The predicted molar refractivity (Wildman–Crippen MR) is 85.7 cm³/mol. The molecule has 22 heavy (non-hydrogen) atoms. The minimum atomic E-state index is -0.933. The zero-order valence-corrected chi connectivity index (χ0v) is 12.6. The number of para-hydroxylation sites is 1. The molecule has 0 radical (unpaired) electrons. The molecule has 6 heteroatoms. The molecular formula is C16H22N2O4. The molecule has 120 valence electrons. The highest BCUT2D eigenvalue weighted by molar-refractivity contribution is 5.79. The average Bonchev–Trinajstić information content (AvgIpc) is 2.47. The summed E-state index contributed by atoms with van der Waals surface area (Å²) in [5, 5.41) is 9.32. The van der Waals surface area contributed by atoms with E-state index in [1.165, 1.54) is 6.07 Å². The number of carboxylic acids is 1. The van der Waals surface area contributed by atoms with Gasteiger partial charge in [-0.2, -0.15) is 0 Å². The van der Waals surface area contributed by atoms with Crippen molar-refractivity contribution in [2.45, 2.75) is 32.2 Å². The molecule has 0 fully saturated rings. The molecule has 1 aromatic carbocycles. The number of aryl methyl sites for hydroxylation is 1. The molecule has 0 aliphatic carbocycles. The normalized spacial score (nSPS) is 11.6. The Labute approximate surface area is 128 Å². The lowest BCUT2D eigenvalue weighted by atomic mass is 10.1. The lowest BCUT2D eigenvalue weighted by Gasteiger charge is -2.03. The summed E-state index contributed by atoms with van der Waals surface area (Å²) in [4.78, 5) is 21.1. The van der Waals surface area contributed by atoms with E-state index in [1.807, 2.05) is 25.1 Å². The van der Waals surface area contributed by atoms with E-state index in [4.69, 9.17) is 21.0 Å². The molecule has 0 unspecified atom stereocenters. The van der Waals surface area contributed by atoms with E-state index in [0.717, 1.165) is 23.8 Å². The summed E-state index contributed by atoms with van der Waals surface area (Å²) < 4.78 is 4.99. The first-order chi connectivity index (χ1) is 10.5. The van der Waals surface area contributed by atoms with Crippen molar-refractivity contribution < 1.29 is 14.3 Å². The number of rotatable bonds is 5. The van der Waals surface area contributed by atoms with Gasteiger partial charge in [0.05, 0.1) is 0 Å². The second-order valence-electron chi connectivity index (χ2n) is 4.97. The van der Waals surface area contributed by atoms with Crippen molar-refractivity contribution >= 4 is 16.9 Å². The Bertz CT molecular complexity index is 666. The second kappa shape index (κ2) is 8.96. The Balaban J connectivity index is 0.000000225. The summed E-state index contributed by atoms with van der Waals surface area (Å²) in [6.07, 6.45) is 2.16. The van der Waals surface area contributed by atoms with Crippen molar-refractivity contribution in [3.8, 4) is 0 Å². The molecule has 0 aliphatic heterocycles. The minimum Gasteiger partial charge on any atom is -0.480 e. The summed E-state index contributed by atoms with van der Waals surface area (Å²) in [7, 11) is 0. The molecule has 0 bridgehead atoms. The van der Waals surface area contributed by atoms with Crippen LogP contribution in [0.4, 0.5) is 0 Å². The third-order valence-corrected chi connectivity index (χ3v) is 3.14. The number of unbranched alkanes of at least 4 members (excludes halogenated alkanes) is 1. The lowest BCUT2D eigenvalue weighted by Crippen LogP contribution is -2.29. The van der Waals surface area contributed by atoms with Gasteiger partial charge in [0.1, 0.15) is 11.6 Å². The third-order valence-electron chi connectivity index (χ3n) is 3.14. The first kappa shape index (κ1) is 17.9. The molecule has 0 amide bonds. The van der Waals surface area contributed by atoms with Gasteiger partial charge in [-0.05, 0) is 37.9 Å². The van der Waals surface area contributed by atoms with E-state index < -0.39 is 12.0 Å². The quantitative estimate of drug-likeness (QED) is 0.570. The molecule has 2 rings (SSSR count). The Hall–Kier alpha value is -2.18. The summed E-state index contributed by atoms with van der Waals surface area (Å²) in [6, 6.07) is 8.30. The number of carboxylic acid groups (broad SMARTS) is 1. The highest BCUT2D eigenvalue weighted by atomic mass is 16.4. The zero-order valence-electron chi connectivity index (χ0n) is 12.6. The molecule has 6 nitrogen and oxygen atoms in total. The molecule has 1 atom stereocenters. The van der Waals surface area contributed by atoms with Crippen LogP contribution in [-0.4, -0.2) is 23.7 Å².